The van der Waals surface area contributed by atoms with Crippen LogP contribution in [-0.2, 0) is 21.4 Å². The molecule has 0 N–H and O–H groups in total. The molecule has 4 rings (SSSR count). The van der Waals surface area contributed by atoms with Gasteiger partial charge in [0, 0.05) is 43.7 Å². The highest BCUT2D eigenvalue weighted by atomic mass is 79.9. The predicted molar refractivity (Wildman–Crippen MR) is 151 cm³/mol. The molecule has 0 spiro atoms. The van der Waals surface area contributed by atoms with Crippen molar-refractivity contribution in [2.75, 3.05) is 39.3 Å². The lowest BCUT2D eigenvalue weighted by Crippen LogP contribution is -2.51. The summed E-state index contributed by atoms with van der Waals surface area (Å²) >= 11 is 3.36. The van der Waals surface area contributed by atoms with Gasteiger partial charge in [-0.1, -0.05) is 88.2 Å². The van der Waals surface area contributed by atoms with Crippen molar-refractivity contribution in [1.82, 2.24) is 14.1 Å². The maximum Gasteiger partial charge on any atom is 0.243 e. The summed E-state index contributed by atoms with van der Waals surface area (Å²) in [5.74, 6) is -0.174. The van der Waals surface area contributed by atoms with Gasteiger partial charge < -0.3 is 4.90 Å². The Kier molecular flexibility index (Phi) is 9.32. The van der Waals surface area contributed by atoms with Crippen LogP contribution in [0.2, 0.25) is 0 Å². The average Bonchev–Trinajstić information content (AvgIpc) is 2.91. The number of halogens is 1. The van der Waals surface area contributed by atoms with Crippen molar-refractivity contribution >= 4 is 37.9 Å². The van der Waals surface area contributed by atoms with Gasteiger partial charge in [-0.15, -0.1) is 0 Å². The third kappa shape index (κ3) is 7.61. The Morgan fingerprint density at radius 1 is 0.919 bits per heavy atom. The third-order valence-electron chi connectivity index (χ3n) is 6.44. The van der Waals surface area contributed by atoms with Crippen LogP contribution in [0.1, 0.15) is 16.7 Å². The summed E-state index contributed by atoms with van der Waals surface area (Å²) in [7, 11) is -3.86. The van der Waals surface area contributed by atoms with E-state index in [-0.39, 0.29) is 23.9 Å². The highest BCUT2D eigenvalue weighted by Gasteiger charge is 2.30. The summed E-state index contributed by atoms with van der Waals surface area (Å²) in [4.78, 5) is 17.5. The molecule has 1 heterocycles. The predicted octanol–water partition coefficient (Wildman–Crippen LogP) is 4.81. The van der Waals surface area contributed by atoms with Crippen LogP contribution in [0.15, 0.2) is 94.3 Å². The van der Waals surface area contributed by atoms with E-state index in [4.69, 9.17) is 0 Å². The molecule has 0 saturated carbocycles. The molecule has 194 valence electrons. The van der Waals surface area contributed by atoms with Gasteiger partial charge in [-0.3, -0.25) is 9.69 Å². The van der Waals surface area contributed by atoms with E-state index in [1.807, 2.05) is 49.4 Å². The SMILES string of the molecule is Cc1ccc(CN(CC(=O)N2CCN(C/C=C/c3ccccc3)CC2)S(=O)(=O)c2ccc(Br)cc2)cc1. The molecule has 1 fully saturated rings. The van der Waals surface area contributed by atoms with E-state index in [1.165, 1.54) is 4.31 Å². The number of amides is 1. The molecule has 0 unspecified atom stereocenters. The minimum absolute atomic E-state index is 0.134. The van der Waals surface area contributed by atoms with Crippen molar-refractivity contribution in [2.45, 2.75) is 18.4 Å². The van der Waals surface area contributed by atoms with Crippen LogP contribution < -0.4 is 0 Å². The van der Waals surface area contributed by atoms with Crippen molar-refractivity contribution in [2.24, 2.45) is 0 Å². The Morgan fingerprint density at radius 2 is 1.57 bits per heavy atom. The molecule has 8 heteroatoms. The second-order valence-corrected chi connectivity index (χ2v) is 12.1. The number of benzene rings is 3. The van der Waals surface area contributed by atoms with Crippen molar-refractivity contribution in [3.8, 4) is 0 Å². The second kappa shape index (κ2) is 12.6. The number of rotatable bonds is 9. The lowest BCUT2D eigenvalue weighted by molar-refractivity contribution is -0.133. The zero-order chi connectivity index (χ0) is 26.3. The summed E-state index contributed by atoms with van der Waals surface area (Å²) in [5.41, 5.74) is 3.10. The Morgan fingerprint density at radius 3 is 2.22 bits per heavy atom. The first-order valence-electron chi connectivity index (χ1n) is 12.3. The van der Waals surface area contributed by atoms with Crippen LogP contribution in [-0.4, -0.2) is 67.7 Å². The molecule has 1 aliphatic heterocycles. The number of sulfonamides is 1. The number of aryl methyl sites for hydroxylation is 1. The minimum atomic E-state index is -3.86. The van der Waals surface area contributed by atoms with Gasteiger partial charge in [0.1, 0.15) is 0 Å². The fourth-order valence-electron chi connectivity index (χ4n) is 4.21. The zero-order valence-corrected chi connectivity index (χ0v) is 23.4. The standard InChI is InChI=1S/C29H32BrN3O3S/c1-24-9-11-26(12-10-24)22-33(37(35,36)28-15-13-27(30)14-16-28)23-29(34)32-20-18-31(19-21-32)17-5-8-25-6-3-2-4-7-25/h2-16H,17-23H2,1H3/b8-5+. The fraction of sp³-hybridized carbons (Fsp3) is 0.276. The van der Waals surface area contributed by atoms with E-state index < -0.39 is 10.0 Å². The van der Waals surface area contributed by atoms with Gasteiger partial charge in [-0.25, -0.2) is 8.42 Å². The summed E-state index contributed by atoms with van der Waals surface area (Å²) in [6.07, 6.45) is 4.24. The number of carbonyl (C=O) groups excluding carboxylic acids is 1. The minimum Gasteiger partial charge on any atom is -0.339 e. The molecule has 1 saturated heterocycles. The van der Waals surface area contributed by atoms with E-state index in [1.54, 1.807) is 29.2 Å². The number of hydrogen-bond acceptors (Lipinski definition) is 4. The first-order valence-corrected chi connectivity index (χ1v) is 14.6. The van der Waals surface area contributed by atoms with E-state index in [2.05, 4.69) is 45.1 Å². The smallest absolute Gasteiger partial charge is 0.243 e. The van der Waals surface area contributed by atoms with Gasteiger partial charge in [0.05, 0.1) is 11.4 Å². The van der Waals surface area contributed by atoms with Crippen molar-refractivity contribution in [1.29, 1.82) is 0 Å². The Bertz CT molecular complexity index is 1300. The molecule has 0 radical (unpaired) electrons. The topological polar surface area (TPSA) is 60.9 Å². The molecule has 3 aromatic rings. The quantitative estimate of drug-likeness (QED) is 0.364. The summed E-state index contributed by atoms with van der Waals surface area (Å²) in [5, 5.41) is 0. The second-order valence-electron chi connectivity index (χ2n) is 9.21. The summed E-state index contributed by atoms with van der Waals surface area (Å²) in [6.45, 7) is 5.40. The van der Waals surface area contributed by atoms with Gasteiger partial charge in [-0.05, 0) is 42.3 Å². The Labute approximate surface area is 228 Å². The Hall–Kier alpha value is -2.78. The molecule has 3 aromatic carbocycles. The molecule has 1 aliphatic rings. The van der Waals surface area contributed by atoms with Gasteiger partial charge >= 0.3 is 0 Å². The Balaban J connectivity index is 1.40. The van der Waals surface area contributed by atoms with Crippen LogP contribution in [0.3, 0.4) is 0 Å². The highest BCUT2D eigenvalue weighted by molar-refractivity contribution is 9.10. The van der Waals surface area contributed by atoms with E-state index in [0.717, 1.165) is 40.8 Å². The van der Waals surface area contributed by atoms with Crippen LogP contribution in [0.25, 0.3) is 6.08 Å². The zero-order valence-electron chi connectivity index (χ0n) is 21.0. The number of piperazine rings is 1. The van der Waals surface area contributed by atoms with E-state index in [0.29, 0.717) is 13.1 Å². The van der Waals surface area contributed by atoms with Crippen molar-refractivity contribution in [3.05, 3.63) is 106 Å². The van der Waals surface area contributed by atoms with Gasteiger partial charge in [-0.2, -0.15) is 4.31 Å². The maximum atomic E-state index is 13.5. The fourth-order valence-corrected chi connectivity index (χ4v) is 5.85. The molecular weight excluding hydrogens is 550 g/mol. The van der Waals surface area contributed by atoms with Crippen molar-refractivity contribution in [3.63, 3.8) is 0 Å². The monoisotopic (exact) mass is 581 g/mol. The lowest BCUT2D eigenvalue weighted by atomic mass is 10.1. The first kappa shape index (κ1) is 27.3. The maximum absolute atomic E-state index is 13.5. The van der Waals surface area contributed by atoms with Crippen LogP contribution in [0, 0.1) is 6.92 Å². The molecule has 0 aromatic heterocycles. The number of carbonyl (C=O) groups is 1. The molecule has 0 aliphatic carbocycles. The van der Waals surface area contributed by atoms with Crippen LogP contribution >= 0.6 is 15.9 Å². The van der Waals surface area contributed by atoms with Crippen molar-refractivity contribution < 1.29 is 13.2 Å². The number of nitrogens with zero attached hydrogens (tertiary/aromatic N) is 3. The van der Waals surface area contributed by atoms with Crippen LogP contribution in [0.4, 0.5) is 0 Å². The third-order valence-corrected chi connectivity index (χ3v) is 8.78. The van der Waals surface area contributed by atoms with Crippen LogP contribution in [0.5, 0.6) is 0 Å². The van der Waals surface area contributed by atoms with E-state index in [9.17, 15) is 13.2 Å². The van der Waals surface area contributed by atoms with E-state index >= 15 is 0 Å². The summed E-state index contributed by atoms with van der Waals surface area (Å²) in [6, 6.07) is 24.4. The van der Waals surface area contributed by atoms with Gasteiger partial charge in [0.15, 0.2) is 0 Å². The number of hydrogen-bond donors (Lipinski definition) is 0. The first-order chi connectivity index (χ1) is 17.8. The molecule has 0 bridgehead atoms. The average molecular weight is 583 g/mol. The normalized spacial score (nSPS) is 14.9. The molecular formula is C29H32BrN3O3S. The van der Waals surface area contributed by atoms with Gasteiger partial charge in [0.2, 0.25) is 15.9 Å². The molecule has 6 nitrogen and oxygen atoms in total. The van der Waals surface area contributed by atoms with Gasteiger partial charge in [0.25, 0.3) is 0 Å². The highest BCUT2D eigenvalue weighted by Crippen LogP contribution is 2.21. The lowest BCUT2D eigenvalue weighted by Gasteiger charge is -2.35. The molecule has 0 atom stereocenters. The summed E-state index contributed by atoms with van der Waals surface area (Å²) < 4.78 is 29.2. The molecule has 1 amide bonds. The molecule has 37 heavy (non-hydrogen) atoms. The largest absolute Gasteiger partial charge is 0.339 e.